The average Bonchev–Trinajstić information content (AvgIpc) is 2.74. The third-order valence-electron chi connectivity index (χ3n) is 3.84. The van der Waals surface area contributed by atoms with Gasteiger partial charge in [-0.05, 0) is 12.8 Å². The van der Waals surface area contributed by atoms with Crippen molar-refractivity contribution in [2.24, 2.45) is 7.05 Å². The normalized spacial score (nSPS) is 18.1. The molecule has 0 radical (unpaired) electrons. The number of alkyl halides is 3. The number of nitrogens with one attached hydrogen (secondary N) is 1. The summed E-state index contributed by atoms with van der Waals surface area (Å²) >= 11 is 0. The minimum atomic E-state index is -4.53. The van der Waals surface area contributed by atoms with Crippen molar-refractivity contribution in [3.05, 3.63) is 17.5 Å². The van der Waals surface area contributed by atoms with Crippen LogP contribution in [0.25, 0.3) is 0 Å². The van der Waals surface area contributed by atoms with Gasteiger partial charge in [-0.3, -0.25) is 9.48 Å². The molecule has 0 unspecified atom stereocenters. The zero-order valence-electron chi connectivity index (χ0n) is 12.0. The second-order valence-corrected chi connectivity index (χ2v) is 5.55. The number of hydrogen-bond acceptors (Lipinski definition) is 2. The highest BCUT2D eigenvalue weighted by molar-refractivity contribution is 5.92. The van der Waals surface area contributed by atoms with Crippen molar-refractivity contribution in [2.45, 2.75) is 57.2 Å². The Kier molecular flexibility index (Phi) is 4.90. The van der Waals surface area contributed by atoms with E-state index in [1.54, 1.807) is 0 Å². The standard InChI is InChI=1S/C14H20F3N3O/c1-20-11(9-12(19-20)14(15,16)17)13(21)18-10-7-5-3-2-4-6-8-10/h9-10H,2-8H2,1H3,(H,18,21). The Bertz CT molecular complexity index is 488. The molecule has 1 amide bonds. The maximum Gasteiger partial charge on any atom is 0.435 e. The lowest BCUT2D eigenvalue weighted by molar-refractivity contribution is -0.141. The van der Waals surface area contributed by atoms with E-state index in [9.17, 15) is 18.0 Å². The molecule has 1 fully saturated rings. The second kappa shape index (κ2) is 6.49. The van der Waals surface area contributed by atoms with Crippen molar-refractivity contribution in [1.29, 1.82) is 0 Å². The molecule has 0 aromatic carbocycles. The van der Waals surface area contributed by atoms with E-state index in [4.69, 9.17) is 0 Å². The van der Waals surface area contributed by atoms with Crippen LogP contribution in [0.4, 0.5) is 13.2 Å². The van der Waals surface area contributed by atoms with Gasteiger partial charge in [0.05, 0.1) is 0 Å². The fourth-order valence-electron chi connectivity index (χ4n) is 2.68. The van der Waals surface area contributed by atoms with E-state index in [1.165, 1.54) is 13.5 Å². The number of carbonyl (C=O) groups is 1. The molecule has 1 heterocycles. The maximum absolute atomic E-state index is 12.6. The summed E-state index contributed by atoms with van der Waals surface area (Å²) in [6.45, 7) is 0. The van der Waals surface area contributed by atoms with Crippen LogP contribution in [-0.2, 0) is 13.2 Å². The summed E-state index contributed by atoms with van der Waals surface area (Å²) in [5.41, 5.74) is -1.09. The zero-order valence-corrected chi connectivity index (χ0v) is 12.0. The summed E-state index contributed by atoms with van der Waals surface area (Å²) in [5.74, 6) is -0.480. The van der Waals surface area contributed by atoms with Crippen LogP contribution in [0.5, 0.6) is 0 Å². The van der Waals surface area contributed by atoms with Crippen molar-refractivity contribution in [2.75, 3.05) is 0 Å². The average molecular weight is 303 g/mol. The van der Waals surface area contributed by atoms with Crippen LogP contribution in [0.1, 0.15) is 61.1 Å². The van der Waals surface area contributed by atoms with Crippen LogP contribution < -0.4 is 5.32 Å². The van der Waals surface area contributed by atoms with Gasteiger partial charge in [0, 0.05) is 19.2 Å². The molecule has 4 nitrogen and oxygen atoms in total. The molecular formula is C14H20F3N3O. The molecular weight excluding hydrogens is 283 g/mol. The molecule has 1 aromatic heterocycles. The smallest absolute Gasteiger partial charge is 0.348 e. The highest BCUT2D eigenvalue weighted by Gasteiger charge is 2.35. The zero-order chi connectivity index (χ0) is 15.5. The molecule has 1 aliphatic carbocycles. The predicted molar refractivity (Wildman–Crippen MR) is 71.8 cm³/mol. The first kappa shape index (κ1) is 15.9. The lowest BCUT2D eigenvalue weighted by Gasteiger charge is -2.20. The molecule has 1 saturated carbocycles. The third kappa shape index (κ3) is 4.22. The lowest BCUT2D eigenvalue weighted by Crippen LogP contribution is -2.36. The van der Waals surface area contributed by atoms with Crippen LogP contribution in [0, 0.1) is 0 Å². The summed E-state index contributed by atoms with van der Waals surface area (Å²) in [7, 11) is 1.35. The minimum Gasteiger partial charge on any atom is -0.348 e. The van der Waals surface area contributed by atoms with Crippen molar-refractivity contribution in [3.63, 3.8) is 0 Å². The van der Waals surface area contributed by atoms with Crippen LogP contribution in [-0.4, -0.2) is 21.7 Å². The van der Waals surface area contributed by atoms with Crippen molar-refractivity contribution < 1.29 is 18.0 Å². The summed E-state index contributed by atoms with van der Waals surface area (Å²) in [6.07, 6.45) is 2.85. The Hall–Kier alpha value is -1.53. The van der Waals surface area contributed by atoms with Gasteiger partial charge in [-0.25, -0.2) is 0 Å². The quantitative estimate of drug-likeness (QED) is 0.911. The molecule has 118 valence electrons. The van der Waals surface area contributed by atoms with Crippen molar-refractivity contribution in [1.82, 2.24) is 15.1 Å². The van der Waals surface area contributed by atoms with Crippen molar-refractivity contribution in [3.8, 4) is 0 Å². The number of carbonyl (C=O) groups excluding carboxylic acids is 1. The van der Waals surface area contributed by atoms with Gasteiger partial charge < -0.3 is 5.32 Å². The van der Waals surface area contributed by atoms with E-state index in [0.717, 1.165) is 49.3 Å². The monoisotopic (exact) mass is 303 g/mol. The molecule has 1 aromatic rings. The number of aryl methyl sites for hydroxylation is 1. The molecule has 0 spiro atoms. The fraction of sp³-hybridized carbons (Fsp3) is 0.714. The first-order valence-corrected chi connectivity index (χ1v) is 7.30. The summed E-state index contributed by atoms with van der Waals surface area (Å²) in [5, 5.41) is 6.20. The van der Waals surface area contributed by atoms with Gasteiger partial charge in [0.2, 0.25) is 0 Å². The molecule has 21 heavy (non-hydrogen) atoms. The van der Waals surface area contributed by atoms with Crippen LogP contribution in [0.15, 0.2) is 6.07 Å². The SMILES string of the molecule is Cn1nc(C(F)(F)F)cc1C(=O)NC1CCCCCCC1. The second-order valence-electron chi connectivity index (χ2n) is 5.55. The van der Waals surface area contributed by atoms with E-state index in [0.29, 0.717) is 0 Å². The van der Waals surface area contributed by atoms with Gasteiger partial charge in [-0.2, -0.15) is 18.3 Å². The molecule has 2 rings (SSSR count). The highest BCUT2D eigenvalue weighted by Crippen LogP contribution is 2.28. The minimum absolute atomic E-state index is 0.0436. The Morgan fingerprint density at radius 1 is 1.24 bits per heavy atom. The van der Waals surface area contributed by atoms with E-state index >= 15 is 0 Å². The summed E-state index contributed by atoms with van der Waals surface area (Å²) in [6, 6.07) is 0.847. The van der Waals surface area contributed by atoms with Gasteiger partial charge in [-0.1, -0.05) is 32.1 Å². The molecule has 0 aliphatic heterocycles. The Labute approximate surface area is 121 Å². The molecule has 7 heteroatoms. The van der Waals surface area contributed by atoms with E-state index < -0.39 is 17.8 Å². The van der Waals surface area contributed by atoms with Crippen LogP contribution in [0.2, 0.25) is 0 Å². The van der Waals surface area contributed by atoms with Gasteiger partial charge in [0.15, 0.2) is 5.69 Å². The fourth-order valence-corrected chi connectivity index (χ4v) is 2.68. The van der Waals surface area contributed by atoms with Crippen LogP contribution in [0.3, 0.4) is 0 Å². The summed E-state index contributed by atoms with van der Waals surface area (Å²) < 4.78 is 38.8. The Morgan fingerprint density at radius 3 is 2.33 bits per heavy atom. The summed E-state index contributed by atoms with van der Waals surface area (Å²) in [4.78, 5) is 12.1. The number of halogens is 3. The first-order chi connectivity index (χ1) is 9.88. The predicted octanol–water partition coefficient (Wildman–Crippen LogP) is 3.28. The molecule has 0 bridgehead atoms. The number of hydrogen-bond donors (Lipinski definition) is 1. The molecule has 1 aliphatic rings. The third-order valence-corrected chi connectivity index (χ3v) is 3.84. The lowest BCUT2D eigenvalue weighted by atomic mass is 9.96. The van der Waals surface area contributed by atoms with Crippen molar-refractivity contribution >= 4 is 5.91 Å². The number of amides is 1. The van der Waals surface area contributed by atoms with E-state index in [-0.39, 0.29) is 11.7 Å². The number of aromatic nitrogens is 2. The van der Waals surface area contributed by atoms with Gasteiger partial charge in [0.1, 0.15) is 5.69 Å². The van der Waals surface area contributed by atoms with Crippen LogP contribution >= 0.6 is 0 Å². The van der Waals surface area contributed by atoms with E-state index in [2.05, 4.69) is 10.4 Å². The van der Waals surface area contributed by atoms with Gasteiger partial charge in [0.25, 0.3) is 5.91 Å². The largest absolute Gasteiger partial charge is 0.435 e. The first-order valence-electron chi connectivity index (χ1n) is 7.30. The number of rotatable bonds is 2. The number of nitrogens with zero attached hydrogens (tertiary/aromatic N) is 2. The molecule has 1 N–H and O–H groups in total. The Balaban J connectivity index is 2.04. The topological polar surface area (TPSA) is 46.9 Å². The molecule has 0 saturated heterocycles. The van der Waals surface area contributed by atoms with Gasteiger partial charge >= 0.3 is 6.18 Å². The maximum atomic E-state index is 12.6. The highest BCUT2D eigenvalue weighted by atomic mass is 19.4. The molecule has 0 atom stereocenters. The van der Waals surface area contributed by atoms with Gasteiger partial charge in [-0.15, -0.1) is 0 Å². The van der Waals surface area contributed by atoms with E-state index in [1.807, 2.05) is 0 Å². The Morgan fingerprint density at radius 2 is 1.81 bits per heavy atom.